The average molecular weight is 290 g/mol. The number of benzene rings is 1. The van der Waals surface area contributed by atoms with Crippen LogP contribution in [0.15, 0.2) is 24.3 Å². The Labute approximate surface area is 127 Å². The molecule has 1 aliphatic carbocycles. The predicted octanol–water partition coefficient (Wildman–Crippen LogP) is 3.19. The molecule has 1 fully saturated rings. The zero-order valence-corrected chi connectivity index (χ0v) is 13.0. The quantitative estimate of drug-likeness (QED) is 0.811. The van der Waals surface area contributed by atoms with E-state index in [2.05, 4.69) is 10.6 Å². The van der Waals surface area contributed by atoms with Gasteiger partial charge in [-0.1, -0.05) is 13.8 Å². The Hall–Kier alpha value is -1.55. The SMILES string of the molecule is CCNCC(C)C(=O)Nc1ccc(OC2CCCC2)cc1. The van der Waals surface area contributed by atoms with Crippen molar-refractivity contribution in [2.45, 2.75) is 45.6 Å². The second kappa shape index (κ2) is 8.03. The molecule has 0 spiro atoms. The van der Waals surface area contributed by atoms with E-state index in [0.717, 1.165) is 30.8 Å². The Morgan fingerprint density at radius 2 is 1.95 bits per heavy atom. The molecular weight excluding hydrogens is 264 g/mol. The second-order valence-corrected chi connectivity index (χ2v) is 5.75. The normalized spacial score (nSPS) is 16.7. The predicted molar refractivity (Wildman–Crippen MR) is 85.7 cm³/mol. The standard InChI is InChI=1S/C17H26N2O2/c1-3-18-12-13(2)17(20)19-14-8-10-16(11-9-14)21-15-6-4-5-7-15/h8-11,13,15,18H,3-7,12H2,1-2H3,(H,19,20). The Kier molecular flexibility index (Phi) is 6.05. The van der Waals surface area contributed by atoms with Gasteiger partial charge < -0.3 is 15.4 Å². The third-order valence-electron chi connectivity index (χ3n) is 3.87. The highest BCUT2D eigenvalue weighted by molar-refractivity contribution is 5.92. The van der Waals surface area contributed by atoms with Crippen LogP contribution in [-0.2, 0) is 4.79 Å². The van der Waals surface area contributed by atoms with Crippen LogP contribution in [0.25, 0.3) is 0 Å². The van der Waals surface area contributed by atoms with Crippen LogP contribution in [0.1, 0.15) is 39.5 Å². The van der Waals surface area contributed by atoms with E-state index in [9.17, 15) is 4.79 Å². The van der Waals surface area contributed by atoms with E-state index in [-0.39, 0.29) is 11.8 Å². The summed E-state index contributed by atoms with van der Waals surface area (Å²) in [6.45, 7) is 5.54. The molecule has 1 aromatic carbocycles. The van der Waals surface area contributed by atoms with Crippen molar-refractivity contribution >= 4 is 11.6 Å². The van der Waals surface area contributed by atoms with Gasteiger partial charge in [0.05, 0.1) is 6.10 Å². The summed E-state index contributed by atoms with van der Waals surface area (Å²) in [6.07, 6.45) is 5.21. The highest BCUT2D eigenvalue weighted by Gasteiger charge is 2.16. The molecule has 2 rings (SSSR count). The molecule has 1 aromatic rings. The first-order valence-electron chi connectivity index (χ1n) is 7.97. The Balaban J connectivity index is 1.82. The maximum atomic E-state index is 12.0. The molecular formula is C17H26N2O2. The zero-order valence-electron chi connectivity index (χ0n) is 13.0. The number of hydrogen-bond acceptors (Lipinski definition) is 3. The van der Waals surface area contributed by atoms with E-state index in [1.807, 2.05) is 38.1 Å². The van der Waals surface area contributed by atoms with Crippen LogP contribution in [0.4, 0.5) is 5.69 Å². The molecule has 2 N–H and O–H groups in total. The maximum absolute atomic E-state index is 12.0. The van der Waals surface area contributed by atoms with Gasteiger partial charge in [0.25, 0.3) is 0 Å². The van der Waals surface area contributed by atoms with Gasteiger partial charge in [-0.2, -0.15) is 0 Å². The third kappa shape index (κ3) is 5.05. The smallest absolute Gasteiger partial charge is 0.228 e. The molecule has 0 aromatic heterocycles. The number of hydrogen-bond donors (Lipinski definition) is 2. The molecule has 21 heavy (non-hydrogen) atoms. The van der Waals surface area contributed by atoms with E-state index < -0.39 is 0 Å². The van der Waals surface area contributed by atoms with Gasteiger partial charge in [0, 0.05) is 18.2 Å². The van der Waals surface area contributed by atoms with Crippen molar-refractivity contribution in [3.63, 3.8) is 0 Å². The summed E-state index contributed by atoms with van der Waals surface area (Å²) in [5.74, 6) is 0.889. The van der Waals surface area contributed by atoms with Crippen molar-refractivity contribution in [1.82, 2.24) is 5.32 Å². The second-order valence-electron chi connectivity index (χ2n) is 5.75. The lowest BCUT2D eigenvalue weighted by Crippen LogP contribution is -2.30. The van der Waals surface area contributed by atoms with Crippen LogP contribution in [0.5, 0.6) is 5.75 Å². The summed E-state index contributed by atoms with van der Waals surface area (Å²) in [5, 5.41) is 6.12. The molecule has 1 saturated carbocycles. The number of carbonyl (C=O) groups is 1. The molecule has 1 atom stereocenters. The molecule has 4 nitrogen and oxygen atoms in total. The van der Waals surface area contributed by atoms with Crippen molar-refractivity contribution in [1.29, 1.82) is 0 Å². The van der Waals surface area contributed by atoms with E-state index in [0.29, 0.717) is 12.6 Å². The zero-order chi connectivity index (χ0) is 15.1. The summed E-state index contributed by atoms with van der Waals surface area (Å²) in [6, 6.07) is 7.68. The maximum Gasteiger partial charge on any atom is 0.228 e. The molecule has 0 bridgehead atoms. The van der Waals surface area contributed by atoms with Crippen LogP contribution in [0.2, 0.25) is 0 Å². The van der Waals surface area contributed by atoms with E-state index in [1.54, 1.807) is 0 Å². The van der Waals surface area contributed by atoms with Crippen LogP contribution in [0, 0.1) is 5.92 Å². The van der Waals surface area contributed by atoms with Gasteiger partial charge >= 0.3 is 0 Å². The number of amides is 1. The Bertz CT molecular complexity index is 439. The number of anilines is 1. The summed E-state index contributed by atoms with van der Waals surface area (Å²) >= 11 is 0. The minimum atomic E-state index is -0.0423. The van der Waals surface area contributed by atoms with Gasteiger partial charge in [0.1, 0.15) is 5.75 Å². The first kappa shape index (κ1) is 15.8. The summed E-state index contributed by atoms with van der Waals surface area (Å²) in [4.78, 5) is 12.0. The van der Waals surface area contributed by atoms with Crippen LogP contribution in [-0.4, -0.2) is 25.1 Å². The minimum absolute atomic E-state index is 0.0420. The summed E-state index contributed by atoms with van der Waals surface area (Å²) in [7, 11) is 0. The van der Waals surface area contributed by atoms with Gasteiger partial charge in [-0.3, -0.25) is 4.79 Å². The van der Waals surface area contributed by atoms with Gasteiger partial charge in [0.2, 0.25) is 5.91 Å². The van der Waals surface area contributed by atoms with Crippen molar-refractivity contribution in [2.75, 3.05) is 18.4 Å². The molecule has 0 heterocycles. The molecule has 1 aliphatic rings. The van der Waals surface area contributed by atoms with Crippen molar-refractivity contribution in [3.05, 3.63) is 24.3 Å². The minimum Gasteiger partial charge on any atom is -0.490 e. The molecule has 1 unspecified atom stereocenters. The number of rotatable bonds is 7. The molecule has 0 aliphatic heterocycles. The lowest BCUT2D eigenvalue weighted by atomic mass is 10.1. The fraction of sp³-hybridized carbons (Fsp3) is 0.588. The van der Waals surface area contributed by atoms with Crippen molar-refractivity contribution in [3.8, 4) is 5.75 Å². The molecule has 116 valence electrons. The number of nitrogens with one attached hydrogen (secondary N) is 2. The van der Waals surface area contributed by atoms with Crippen LogP contribution >= 0.6 is 0 Å². The Morgan fingerprint density at radius 1 is 1.29 bits per heavy atom. The first-order chi connectivity index (χ1) is 10.2. The number of ether oxygens (including phenoxy) is 1. The first-order valence-corrected chi connectivity index (χ1v) is 7.97. The van der Waals surface area contributed by atoms with Gasteiger partial charge in [0.15, 0.2) is 0 Å². The molecule has 1 amide bonds. The van der Waals surface area contributed by atoms with Crippen molar-refractivity contribution in [2.24, 2.45) is 5.92 Å². The lowest BCUT2D eigenvalue weighted by Gasteiger charge is -2.15. The van der Waals surface area contributed by atoms with Gasteiger partial charge in [-0.05, 0) is 56.5 Å². The van der Waals surface area contributed by atoms with E-state index >= 15 is 0 Å². The number of carbonyl (C=O) groups excluding carboxylic acids is 1. The largest absolute Gasteiger partial charge is 0.490 e. The molecule has 4 heteroatoms. The van der Waals surface area contributed by atoms with Crippen LogP contribution < -0.4 is 15.4 Å². The fourth-order valence-electron chi connectivity index (χ4n) is 2.53. The Morgan fingerprint density at radius 3 is 2.57 bits per heavy atom. The topological polar surface area (TPSA) is 50.4 Å². The lowest BCUT2D eigenvalue weighted by molar-refractivity contribution is -0.119. The van der Waals surface area contributed by atoms with E-state index in [4.69, 9.17) is 4.74 Å². The monoisotopic (exact) mass is 290 g/mol. The van der Waals surface area contributed by atoms with Gasteiger partial charge in [-0.15, -0.1) is 0 Å². The molecule has 0 saturated heterocycles. The third-order valence-corrected chi connectivity index (χ3v) is 3.87. The summed E-state index contributed by atoms with van der Waals surface area (Å²) in [5.41, 5.74) is 0.821. The highest BCUT2D eigenvalue weighted by Crippen LogP contribution is 2.25. The van der Waals surface area contributed by atoms with Crippen LogP contribution in [0.3, 0.4) is 0 Å². The van der Waals surface area contributed by atoms with Crippen molar-refractivity contribution < 1.29 is 9.53 Å². The van der Waals surface area contributed by atoms with Gasteiger partial charge in [-0.25, -0.2) is 0 Å². The molecule has 0 radical (unpaired) electrons. The summed E-state index contributed by atoms with van der Waals surface area (Å²) < 4.78 is 5.91. The average Bonchev–Trinajstić information content (AvgIpc) is 2.99. The highest BCUT2D eigenvalue weighted by atomic mass is 16.5. The van der Waals surface area contributed by atoms with E-state index in [1.165, 1.54) is 12.8 Å². The fourth-order valence-corrected chi connectivity index (χ4v) is 2.53.